The van der Waals surface area contributed by atoms with Crippen LogP contribution in [0, 0.1) is 20.8 Å². The fourth-order valence-electron chi connectivity index (χ4n) is 16.5. The molecule has 0 saturated carbocycles. The number of nitrogens with two attached hydrogens (primary N) is 1. The lowest BCUT2D eigenvalue weighted by Gasteiger charge is -2.30. The number of carbonyl (C=O) groups is 2. The van der Waals surface area contributed by atoms with Gasteiger partial charge < -0.3 is 16.4 Å². The molecule has 0 aromatic heterocycles. The number of hydrogen-bond acceptors (Lipinski definition) is 7. The average molecular weight is 1280 g/mol. The number of benzene rings is 9. The molecule has 0 aliphatic heterocycles. The van der Waals surface area contributed by atoms with Crippen LogP contribution in [0.2, 0.25) is 0 Å². The summed E-state index contributed by atoms with van der Waals surface area (Å²) in [5, 5.41) is 6.80. The highest BCUT2D eigenvalue weighted by molar-refractivity contribution is 7.99. The van der Waals surface area contributed by atoms with E-state index in [1.807, 2.05) is 60.3 Å². The Morgan fingerprint density at radius 3 is 1.18 bits per heavy atom. The van der Waals surface area contributed by atoms with Crippen molar-refractivity contribution in [1.29, 1.82) is 0 Å². The molecule has 0 heterocycles. The molecule has 91 heavy (non-hydrogen) atoms. The second kappa shape index (κ2) is 29.8. The predicted molar refractivity (Wildman–Crippen MR) is 392 cm³/mol. The van der Waals surface area contributed by atoms with Crippen molar-refractivity contribution >= 4 is 75.1 Å². The van der Waals surface area contributed by atoms with Gasteiger partial charge in [-0.15, -0.1) is 23.5 Å². The number of carbonyl (C=O) groups excluding carboxylic acids is 2. The Morgan fingerprint density at radius 2 is 0.747 bits per heavy atom. The van der Waals surface area contributed by atoms with Crippen molar-refractivity contribution in [1.82, 2.24) is 0 Å². The topological polar surface area (TPSA) is 84.2 Å². The van der Waals surface area contributed by atoms with Crippen LogP contribution in [-0.2, 0) is 81.6 Å². The van der Waals surface area contributed by atoms with Gasteiger partial charge in [-0.3, -0.25) is 9.59 Å². The third-order valence-corrected chi connectivity index (χ3v) is 23.3. The number of nitrogen functional groups attached to an aromatic ring is 1. The number of thioether (sulfide) groups is 3. The summed E-state index contributed by atoms with van der Waals surface area (Å²) in [6, 6.07) is 71.2. The number of halogens is 1. The third-order valence-electron chi connectivity index (χ3n) is 20.0. The first-order valence-electron chi connectivity index (χ1n) is 32.4. The Morgan fingerprint density at radius 1 is 0.407 bits per heavy atom. The van der Waals surface area contributed by atoms with Crippen LogP contribution in [0.15, 0.2) is 200 Å². The minimum absolute atomic E-state index is 0. The van der Waals surface area contributed by atoms with Gasteiger partial charge in [0.2, 0.25) is 11.1 Å². The summed E-state index contributed by atoms with van der Waals surface area (Å²) in [7, 11) is 0. The minimum atomic E-state index is -0.282. The zero-order valence-electron chi connectivity index (χ0n) is 52.5. The van der Waals surface area contributed by atoms with E-state index in [9.17, 15) is 9.59 Å². The van der Waals surface area contributed by atoms with Crippen molar-refractivity contribution in [3.8, 4) is 0 Å². The van der Waals surface area contributed by atoms with Crippen molar-refractivity contribution in [2.45, 2.75) is 139 Å². The van der Waals surface area contributed by atoms with Gasteiger partial charge in [0.05, 0.1) is 11.5 Å². The van der Waals surface area contributed by atoms with Gasteiger partial charge >= 0.3 is 0 Å². The molecule has 9 aromatic carbocycles. The van der Waals surface area contributed by atoms with Gasteiger partial charge in [0.1, 0.15) is 0 Å². The molecular weight excluding hydrogens is 1190 g/mol. The maximum absolute atomic E-state index is 12.8. The summed E-state index contributed by atoms with van der Waals surface area (Å²) in [4.78, 5) is 23.2. The maximum Gasteiger partial charge on any atom is 0.234 e. The molecule has 6 aliphatic rings. The molecule has 5 nitrogen and oxygen atoms in total. The Kier molecular flexibility index (Phi) is 21.4. The zero-order chi connectivity index (χ0) is 62.1. The van der Waals surface area contributed by atoms with Gasteiger partial charge in [0, 0.05) is 62.9 Å². The van der Waals surface area contributed by atoms with E-state index in [1.54, 1.807) is 39.6 Å². The largest absolute Gasteiger partial charge is 0.398 e. The minimum Gasteiger partial charge on any atom is -0.398 e. The highest BCUT2D eigenvalue weighted by Gasteiger charge is 2.49. The molecule has 468 valence electrons. The van der Waals surface area contributed by atoms with E-state index in [2.05, 4.69) is 183 Å². The Hall–Kier alpha value is -6.94. The van der Waals surface area contributed by atoms with Crippen molar-refractivity contribution < 1.29 is 9.59 Å². The van der Waals surface area contributed by atoms with Crippen LogP contribution in [0.25, 0.3) is 0 Å². The van der Waals surface area contributed by atoms with E-state index < -0.39 is 0 Å². The lowest BCUT2D eigenvalue weighted by molar-refractivity contribution is -0.114. The second-order valence-corrected chi connectivity index (χ2v) is 29.0. The summed E-state index contributed by atoms with van der Waals surface area (Å²) in [6.45, 7) is 7.82. The number of anilines is 3. The van der Waals surface area contributed by atoms with E-state index in [-0.39, 0.29) is 34.8 Å². The maximum atomic E-state index is 12.8. The van der Waals surface area contributed by atoms with Crippen molar-refractivity contribution in [3.63, 3.8) is 0 Å². The summed E-state index contributed by atoms with van der Waals surface area (Å²) in [5.74, 6) is 4.87. The van der Waals surface area contributed by atoms with E-state index in [1.165, 1.54) is 141 Å². The van der Waals surface area contributed by atoms with Gasteiger partial charge in [-0.05, 0) is 228 Å². The summed E-state index contributed by atoms with van der Waals surface area (Å²) < 4.78 is 0. The molecule has 3 spiro atoms. The molecule has 0 unspecified atom stereocenters. The van der Waals surface area contributed by atoms with Crippen LogP contribution in [-0.4, -0.2) is 35.0 Å². The highest BCUT2D eigenvalue weighted by Crippen LogP contribution is 2.58. The molecule has 9 aromatic rings. The lowest BCUT2D eigenvalue weighted by Crippen LogP contribution is -2.25. The van der Waals surface area contributed by atoms with Crippen molar-refractivity contribution in [3.05, 3.63) is 300 Å². The van der Waals surface area contributed by atoms with Crippen LogP contribution < -0.4 is 16.4 Å². The number of fused-ring (bicyclic) bond motifs is 12. The third kappa shape index (κ3) is 14.1. The first-order chi connectivity index (χ1) is 44.0. The van der Waals surface area contributed by atoms with Crippen LogP contribution in [0.3, 0.4) is 0 Å². The fourth-order valence-corrected chi connectivity index (χ4v) is 19.0. The Bertz CT molecular complexity index is 3940. The normalized spacial score (nSPS) is 18.6. The van der Waals surface area contributed by atoms with E-state index >= 15 is 0 Å². The number of amides is 1. The van der Waals surface area contributed by atoms with Gasteiger partial charge in [0.15, 0.2) is 0 Å². The first kappa shape index (κ1) is 65.5. The standard InChI is InChI=1S/C27H27NOS.C27H29NS.C18H19N.C9H9ClOS.CH4/c1-19-7-5-10-21-13-15-27(25(19)21)16-14-22-11-6-12-23(26(22)27)28-24(29)18-30-17-20-8-3-2-4-9-20;1-20-7-5-10-22-13-15-27(25(20)22)16-14-23-11-6-12-24(26(23)27)28-17-18-29-19-21-8-3-2-4-9-21;1-12-4-2-5-13-8-10-18(16(12)13)11-9-14-6-3-7-15(19)17(14)18;10-9(11)7-12-6-8-4-2-1-3-5-8;/h2-12H,13-18H2,1H3,(H,28,29);2-12,28H,13-19H2,1H3;2-7H,8-11,19H2,1H3;1-5H,6-7H2;1H4/t2*27-;18-;;/m111../s1. The van der Waals surface area contributed by atoms with Crippen LogP contribution >= 0.6 is 46.9 Å². The molecule has 1 amide bonds. The summed E-state index contributed by atoms with van der Waals surface area (Å²) >= 11 is 10.4. The van der Waals surface area contributed by atoms with Crippen LogP contribution in [0.4, 0.5) is 17.1 Å². The molecule has 0 saturated heterocycles. The molecule has 0 bridgehead atoms. The van der Waals surface area contributed by atoms with E-state index in [4.69, 9.17) is 17.3 Å². The lowest BCUT2D eigenvalue weighted by atomic mass is 9.74. The van der Waals surface area contributed by atoms with Crippen LogP contribution in [0.1, 0.15) is 146 Å². The molecule has 0 fully saturated rings. The second-order valence-electron chi connectivity index (χ2n) is 25.5. The predicted octanol–water partition coefficient (Wildman–Crippen LogP) is 19.6. The number of nitrogens with one attached hydrogen (secondary N) is 2. The quantitative estimate of drug-likeness (QED) is 0.0536. The van der Waals surface area contributed by atoms with Gasteiger partial charge in [0.25, 0.3) is 0 Å². The molecule has 4 N–H and O–H groups in total. The fraction of sp³-hybridized carbons (Fsp3) is 0.317. The Balaban J connectivity index is 0.000000130. The SMILES string of the molecule is C.Cc1cccc2c1[C@@]1(CC2)CCc2cccc(N)c21.Cc1cccc2c1[C@@]1(CC2)CCc2cccc(NC(=O)CSCc3ccccc3)c21.Cc1cccc2c1[C@@]1(CC2)CCc2cccc(NCCSCc3ccccc3)c21.O=C(Cl)CSCc1ccccc1. The smallest absolute Gasteiger partial charge is 0.234 e. The zero-order valence-corrected chi connectivity index (χ0v) is 55.7. The van der Waals surface area contributed by atoms with Gasteiger partial charge in [-0.2, -0.15) is 11.8 Å². The summed E-state index contributed by atoms with van der Waals surface area (Å²) in [5.41, 5.74) is 36.6. The number of hydrogen-bond donors (Lipinski definition) is 3. The van der Waals surface area contributed by atoms with Gasteiger partial charge in [-0.1, -0.05) is 189 Å². The molecule has 3 atom stereocenters. The summed E-state index contributed by atoms with van der Waals surface area (Å²) in [6.07, 6.45) is 14.3. The van der Waals surface area contributed by atoms with E-state index in [0.29, 0.717) is 11.5 Å². The molecule has 6 aliphatic carbocycles. The van der Waals surface area contributed by atoms with Crippen LogP contribution in [0.5, 0.6) is 0 Å². The average Bonchev–Trinajstić information content (AvgIpc) is 1.59. The van der Waals surface area contributed by atoms with Gasteiger partial charge in [-0.25, -0.2) is 0 Å². The molecule has 15 rings (SSSR count). The number of rotatable bonds is 15. The molecule has 0 radical (unpaired) electrons. The molecule has 9 heteroatoms. The molecular formula is C82H88ClN3O2S3. The van der Waals surface area contributed by atoms with Crippen molar-refractivity contribution in [2.24, 2.45) is 0 Å². The Labute approximate surface area is 560 Å². The first-order valence-corrected chi connectivity index (χ1v) is 36.3. The van der Waals surface area contributed by atoms with Crippen molar-refractivity contribution in [2.75, 3.05) is 40.2 Å². The monoisotopic (exact) mass is 1280 g/mol. The van der Waals surface area contributed by atoms with E-state index in [0.717, 1.165) is 66.6 Å². The number of aryl methyl sites for hydroxylation is 9. The highest BCUT2D eigenvalue weighted by atomic mass is 35.5.